The van der Waals surface area contributed by atoms with E-state index in [1.165, 1.54) is 36.9 Å². The van der Waals surface area contributed by atoms with Gasteiger partial charge in [0.15, 0.2) is 5.69 Å². The Labute approximate surface area is 190 Å². The lowest BCUT2D eigenvalue weighted by Crippen LogP contribution is -2.34. The van der Waals surface area contributed by atoms with Gasteiger partial charge in [-0.2, -0.15) is 0 Å². The monoisotopic (exact) mass is 459 g/mol. The van der Waals surface area contributed by atoms with Crippen LogP contribution in [-0.4, -0.2) is 36.3 Å². The fourth-order valence-corrected chi connectivity index (χ4v) is 3.72. The molecule has 0 fully saturated rings. The van der Waals surface area contributed by atoms with E-state index in [0.29, 0.717) is 10.6 Å². The largest absolute Gasteiger partial charge is 0.489 e. The van der Waals surface area contributed by atoms with Crippen molar-refractivity contribution in [3.05, 3.63) is 86.5 Å². The maximum Gasteiger partial charge on any atom is 0.361 e. The predicted octanol–water partition coefficient (Wildman–Crippen LogP) is 3.98. The van der Waals surface area contributed by atoms with Crippen LogP contribution in [0.25, 0.3) is 0 Å². The molecule has 1 heterocycles. The molecule has 0 bridgehead atoms. The lowest BCUT2D eigenvalue weighted by Gasteiger charge is -2.32. The average Bonchev–Trinajstić information content (AvgIpc) is 2.78. The van der Waals surface area contributed by atoms with E-state index >= 15 is 0 Å². The van der Waals surface area contributed by atoms with Crippen molar-refractivity contribution in [3.8, 4) is 5.75 Å². The number of nitrogens with zero attached hydrogens (tertiary/aromatic N) is 3. The Kier molecular flexibility index (Phi) is 7.15. The third-order valence-electron chi connectivity index (χ3n) is 4.97. The van der Waals surface area contributed by atoms with E-state index in [0.717, 1.165) is 5.56 Å². The molecule has 32 heavy (non-hydrogen) atoms. The molecule has 1 aromatic heterocycles. The summed E-state index contributed by atoms with van der Waals surface area (Å²) in [6.07, 6.45) is 0. The minimum atomic E-state index is -0.781. The van der Waals surface area contributed by atoms with Gasteiger partial charge in [0.05, 0.1) is 19.8 Å². The molecule has 9 heteroatoms. The van der Waals surface area contributed by atoms with Gasteiger partial charge in [-0.05, 0) is 30.7 Å². The van der Waals surface area contributed by atoms with Gasteiger partial charge >= 0.3 is 5.97 Å². The van der Waals surface area contributed by atoms with Crippen LogP contribution in [0.4, 0.5) is 10.3 Å². The minimum absolute atomic E-state index is 0.107. The number of rotatable bonds is 7. The lowest BCUT2D eigenvalue weighted by atomic mass is 9.97. The molecule has 0 N–H and O–H groups in total. The van der Waals surface area contributed by atoms with E-state index in [1.807, 2.05) is 30.3 Å². The summed E-state index contributed by atoms with van der Waals surface area (Å²) in [5, 5.41) is 0.344. The fraction of sp³-hybridized carbons (Fsp3) is 0.261. The molecule has 0 aliphatic heterocycles. The first-order chi connectivity index (χ1) is 15.3. The number of carbonyl (C=O) groups excluding carboxylic acids is 1. The Balaban J connectivity index is 2.25. The van der Waals surface area contributed by atoms with Crippen LogP contribution in [0, 0.1) is 5.82 Å². The standard InChI is InChI=1S/C23H23ClFN3O4/c1-5-32-22(30)18-20(31-4)21(29)28(3)23(26-18)27(2)19(14-9-7-6-8-10-14)16-13-15(25)11-12-17(16)24/h6-13,19H,5H2,1-4H3. The third-order valence-corrected chi connectivity index (χ3v) is 5.31. The molecule has 0 radical (unpaired) electrons. The van der Waals surface area contributed by atoms with Crippen LogP contribution in [0.15, 0.2) is 53.3 Å². The van der Waals surface area contributed by atoms with Crippen LogP contribution >= 0.6 is 11.6 Å². The number of carbonyl (C=O) groups is 1. The highest BCUT2D eigenvalue weighted by molar-refractivity contribution is 6.31. The zero-order chi connectivity index (χ0) is 23.4. The molecule has 168 valence electrons. The summed E-state index contributed by atoms with van der Waals surface area (Å²) in [7, 11) is 4.47. The van der Waals surface area contributed by atoms with Gasteiger partial charge in [0.2, 0.25) is 11.7 Å². The van der Waals surface area contributed by atoms with Gasteiger partial charge < -0.3 is 14.4 Å². The van der Waals surface area contributed by atoms with E-state index in [2.05, 4.69) is 4.98 Å². The fourth-order valence-electron chi connectivity index (χ4n) is 3.49. The number of hydrogen-bond donors (Lipinski definition) is 0. The van der Waals surface area contributed by atoms with Crippen molar-refractivity contribution in [3.63, 3.8) is 0 Å². The van der Waals surface area contributed by atoms with Crippen molar-refractivity contribution in [2.24, 2.45) is 7.05 Å². The van der Waals surface area contributed by atoms with Gasteiger partial charge in [-0.15, -0.1) is 0 Å². The van der Waals surface area contributed by atoms with E-state index in [-0.39, 0.29) is 24.0 Å². The summed E-state index contributed by atoms with van der Waals surface area (Å²) in [5.41, 5.74) is 0.453. The second-order valence-corrected chi connectivity index (χ2v) is 7.38. The first-order valence-corrected chi connectivity index (χ1v) is 10.2. The normalized spacial score (nSPS) is 11.7. The average molecular weight is 460 g/mol. The molecular weight excluding hydrogens is 437 g/mol. The molecule has 0 amide bonds. The number of ether oxygens (including phenoxy) is 2. The molecular formula is C23H23ClFN3O4. The molecule has 2 aromatic carbocycles. The molecule has 0 aliphatic carbocycles. The van der Waals surface area contributed by atoms with Crippen molar-refractivity contribution in [2.75, 3.05) is 25.7 Å². The molecule has 3 aromatic rings. The van der Waals surface area contributed by atoms with E-state index in [1.54, 1.807) is 18.9 Å². The van der Waals surface area contributed by atoms with E-state index in [4.69, 9.17) is 21.1 Å². The highest BCUT2D eigenvalue weighted by Gasteiger charge is 2.29. The third kappa shape index (κ3) is 4.45. The Morgan fingerprint density at radius 1 is 1.25 bits per heavy atom. The molecule has 0 saturated heterocycles. The number of aromatic nitrogens is 2. The SMILES string of the molecule is CCOC(=O)c1nc(N(C)C(c2ccccc2)c2cc(F)ccc2Cl)n(C)c(=O)c1OC. The van der Waals surface area contributed by atoms with Crippen LogP contribution in [0.3, 0.4) is 0 Å². The first-order valence-electron chi connectivity index (χ1n) is 9.85. The maximum absolute atomic E-state index is 14.2. The lowest BCUT2D eigenvalue weighted by molar-refractivity contribution is 0.0514. The van der Waals surface area contributed by atoms with Gasteiger partial charge in [-0.3, -0.25) is 9.36 Å². The molecule has 1 unspecified atom stereocenters. The Hall–Kier alpha value is -3.39. The van der Waals surface area contributed by atoms with Crippen LogP contribution in [0.5, 0.6) is 5.75 Å². The summed E-state index contributed by atoms with van der Waals surface area (Å²) < 4.78 is 25.6. The number of benzene rings is 2. The molecule has 1 atom stereocenters. The quantitative estimate of drug-likeness (QED) is 0.497. The number of halogens is 2. The van der Waals surface area contributed by atoms with Crippen LogP contribution in [-0.2, 0) is 11.8 Å². The zero-order valence-electron chi connectivity index (χ0n) is 18.1. The van der Waals surface area contributed by atoms with Crippen molar-refractivity contribution >= 4 is 23.5 Å². The summed E-state index contributed by atoms with van der Waals surface area (Å²) in [5.74, 6) is -1.31. The minimum Gasteiger partial charge on any atom is -0.489 e. The Morgan fingerprint density at radius 2 is 1.94 bits per heavy atom. The number of methoxy groups -OCH3 is 1. The summed E-state index contributed by atoms with van der Waals surface area (Å²) in [4.78, 5) is 31.5. The van der Waals surface area contributed by atoms with Crippen LogP contribution in [0.1, 0.15) is 34.6 Å². The first kappa shape index (κ1) is 23.3. The number of hydrogen-bond acceptors (Lipinski definition) is 6. The van der Waals surface area contributed by atoms with E-state index < -0.39 is 23.4 Å². The molecule has 0 saturated carbocycles. The van der Waals surface area contributed by atoms with Crippen molar-refractivity contribution < 1.29 is 18.7 Å². The Morgan fingerprint density at radius 3 is 2.56 bits per heavy atom. The predicted molar refractivity (Wildman–Crippen MR) is 120 cm³/mol. The highest BCUT2D eigenvalue weighted by Crippen LogP contribution is 2.35. The van der Waals surface area contributed by atoms with Gasteiger partial charge in [0.25, 0.3) is 5.56 Å². The second kappa shape index (κ2) is 9.82. The second-order valence-electron chi connectivity index (χ2n) is 6.97. The van der Waals surface area contributed by atoms with E-state index in [9.17, 15) is 14.0 Å². The highest BCUT2D eigenvalue weighted by atomic mass is 35.5. The maximum atomic E-state index is 14.2. The molecule has 7 nitrogen and oxygen atoms in total. The summed E-state index contributed by atoms with van der Waals surface area (Å²) in [6, 6.07) is 12.7. The Bertz CT molecular complexity index is 1180. The van der Waals surface area contributed by atoms with Crippen LogP contribution < -0.4 is 15.2 Å². The van der Waals surface area contributed by atoms with Crippen molar-refractivity contribution in [2.45, 2.75) is 13.0 Å². The molecule has 3 rings (SSSR count). The van der Waals surface area contributed by atoms with Gasteiger partial charge in [-0.25, -0.2) is 14.2 Å². The number of esters is 1. The molecule has 0 spiro atoms. The smallest absolute Gasteiger partial charge is 0.361 e. The van der Waals surface area contributed by atoms with Gasteiger partial charge in [0, 0.05) is 24.7 Å². The van der Waals surface area contributed by atoms with Gasteiger partial charge in [0.1, 0.15) is 5.82 Å². The van der Waals surface area contributed by atoms with Gasteiger partial charge in [-0.1, -0.05) is 41.9 Å². The van der Waals surface area contributed by atoms with Crippen molar-refractivity contribution in [1.82, 2.24) is 9.55 Å². The summed E-state index contributed by atoms with van der Waals surface area (Å²) >= 11 is 6.44. The van der Waals surface area contributed by atoms with Crippen LogP contribution in [0.2, 0.25) is 5.02 Å². The molecule has 0 aliphatic rings. The van der Waals surface area contributed by atoms with Crippen molar-refractivity contribution in [1.29, 1.82) is 0 Å². The topological polar surface area (TPSA) is 73.7 Å². The number of anilines is 1. The summed E-state index contributed by atoms with van der Waals surface area (Å²) in [6.45, 7) is 1.76. The zero-order valence-corrected chi connectivity index (χ0v) is 18.9.